The van der Waals surface area contributed by atoms with Crippen molar-refractivity contribution < 1.29 is 4.79 Å². The highest BCUT2D eigenvalue weighted by Gasteiger charge is 2.36. The molecule has 0 radical (unpaired) electrons. The molecule has 0 heterocycles. The molecule has 26 heavy (non-hydrogen) atoms. The topological polar surface area (TPSA) is 17.1 Å². The Kier molecular flexibility index (Phi) is 3.80. The summed E-state index contributed by atoms with van der Waals surface area (Å²) in [6.45, 7) is 9.44. The van der Waals surface area contributed by atoms with Crippen molar-refractivity contribution in [2.45, 2.75) is 51.4 Å². The average Bonchev–Trinajstić information content (AvgIpc) is 2.64. The lowest BCUT2D eigenvalue weighted by molar-refractivity contribution is 0.112. The first-order valence-electron chi connectivity index (χ1n) is 9.45. The van der Waals surface area contributed by atoms with Gasteiger partial charge in [-0.15, -0.1) is 0 Å². The Morgan fingerprint density at radius 3 is 2.15 bits per heavy atom. The fourth-order valence-corrected chi connectivity index (χ4v) is 4.36. The predicted octanol–water partition coefficient (Wildman–Crippen LogP) is 6.67. The van der Waals surface area contributed by atoms with Crippen molar-refractivity contribution in [3.63, 3.8) is 0 Å². The third kappa shape index (κ3) is 2.67. The minimum Gasteiger partial charge on any atom is -0.298 e. The van der Waals surface area contributed by atoms with Crippen LogP contribution in [0.25, 0.3) is 21.9 Å². The van der Waals surface area contributed by atoms with Gasteiger partial charge in [-0.1, -0.05) is 76.2 Å². The van der Waals surface area contributed by atoms with Crippen LogP contribution in [-0.4, -0.2) is 6.29 Å². The standard InChI is InChI=1S/C25H26O/c1-24(2)12-13-25(3,4)23-15-18(9-11-22(23)24)17-8-10-21-19(14-17)6-5-7-20(21)16-26/h5-11,14-16H,12-13H2,1-4H3. The minimum atomic E-state index is 0.211. The molecule has 0 saturated heterocycles. The van der Waals surface area contributed by atoms with E-state index >= 15 is 0 Å². The average molecular weight is 342 g/mol. The number of benzene rings is 3. The van der Waals surface area contributed by atoms with Gasteiger partial charge in [0.25, 0.3) is 0 Å². The third-order valence-electron chi connectivity index (χ3n) is 6.23. The summed E-state index contributed by atoms with van der Waals surface area (Å²) in [5.41, 5.74) is 6.64. The summed E-state index contributed by atoms with van der Waals surface area (Å²) < 4.78 is 0. The Hall–Kier alpha value is -2.41. The van der Waals surface area contributed by atoms with Gasteiger partial charge in [-0.05, 0) is 62.8 Å². The fraction of sp³-hybridized carbons (Fsp3) is 0.320. The van der Waals surface area contributed by atoms with E-state index in [9.17, 15) is 4.79 Å². The summed E-state index contributed by atoms with van der Waals surface area (Å²) in [5, 5.41) is 2.13. The molecule has 0 aromatic heterocycles. The highest BCUT2D eigenvalue weighted by Crippen LogP contribution is 2.46. The number of fused-ring (bicyclic) bond motifs is 2. The maximum absolute atomic E-state index is 11.3. The van der Waals surface area contributed by atoms with Gasteiger partial charge in [0.05, 0.1) is 0 Å². The Bertz CT molecular complexity index is 1010. The van der Waals surface area contributed by atoms with Gasteiger partial charge in [-0.3, -0.25) is 4.79 Å². The molecule has 0 atom stereocenters. The van der Waals surface area contributed by atoms with Crippen molar-refractivity contribution in [1.29, 1.82) is 0 Å². The summed E-state index contributed by atoms with van der Waals surface area (Å²) in [7, 11) is 0. The number of rotatable bonds is 2. The quantitative estimate of drug-likeness (QED) is 0.475. The molecule has 1 heteroatoms. The van der Waals surface area contributed by atoms with Crippen LogP contribution >= 0.6 is 0 Å². The van der Waals surface area contributed by atoms with Crippen molar-refractivity contribution in [3.8, 4) is 11.1 Å². The van der Waals surface area contributed by atoms with Crippen LogP contribution in [0.5, 0.6) is 0 Å². The molecule has 0 bridgehead atoms. The molecule has 1 aliphatic rings. The van der Waals surface area contributed by atoms with Crippen LogP contribution in [-0.2, 0) is 10.8 Å². The van der Waals surface area contributed by atoms with E-state index in [1.54, 1.807) is 0 Å². The van der Waals surface area contributed by atoms with Gasteiger partial charge in [0, 0.05) is 5.56 Å². The number of carbonyl (C=O) groups is 1. The van der Waals surface area contributed by atoms with Crippen LogP contribution in [0.2, 0.25) is 0 Å². The van der Waals surface area contributed by atoms with Crippen molar-refractivity contribution in [3.05, 3.63) is 71.3 Å². The summed E-state index contributed by atoms with van der Waals surface area (Å²) in [4.78, 5) is 11.3. The number of hydrogen-bond acceptors (Lipinski definition) is 1. The van der Waals surface area contributed by atoms with E-state index in [0.29, 0.717) is 0 Å². The zero-order valence-corrected chi connectivity index (χ0v) is 16.1. The monoisotopic (exact) mass is 342 g/mol. The van der Waals surface area contributed by atoms with Crippen LogP contribution in [0.15, 0.2) is 54.6 Å². The molecule has 0 fully saturated rings. The second-order valence-electron chi connectivity index (χ2n) is 8.93. The van der Waals surface area contributed by atoms with Crippen molar-refractivity contribution in [2.75, 3.05) is 0 Å². The van der Waals surface area contributed by atoms with E-state index in [-0.39, 0.29) is 10.8 Å². The molecule has 1 nitrogen and oxygen atoms in total. The van der Waals surface area contributed by atoms with Crippen LogP contribution in [0.3, 0.4) is 0 Å². The molecule has 0 spiro atoms. The number of carbonyl (C=O) groups excluding carboxylic acids is 1. The molecule has 0 aliphatic heterocycles. The first-order chi connectivity index (χ1) is 12.3. The van der Waals surface area contributed by atoms with Crippen molar-refractivity contribution in [2.24, 2.45) is 0 Å². The van der Waals surface area contributed by atoms with Gasteiger partial charge < -0.3 is 0 Å². The predicted molar refractivity (Wildman–Crippen MR) is 110 cm³/mol. The van der Waals surface area contributed by atoms with E-state index in [1.807, 2.05) is 12.1 Å². The molecule has 0 amide bonds. The van der Waals surface area contributed by atoms with Crippen LogP contribution in [0.4, 0.5) is 0 Å². The summed E-state index contributed by atoms with van der Waals surface area (Å²) in [6.07, 6.45) is 3.39. The zero-order valence-electron chi connectivity index (χ0n) is 16.1. The summed E-state index contributed by atoms with van der Waals surface area (Å²) >= 11 is 0. The lowest BCUT2D eigenvalue weighted by Crippen LogP contribution is -2.33. The summed E-state index contributed by atoms with van der Waals surface area (Å²) in [5.74, 6) is 0. The van der Waals surface area contributed by atoms with Gasteiger partial charge in [-0.2, -0.15) is 0 Å². The largest absolute Gasteiger partial charge is 0.298 e. The van der Waals surface area contributed by atoms with Gasteiger partial charge in [0.2, 0.25) is 0 Å². The van der Waals surface area contributed by atoms with E-state index in [0.717, 1.165) is 22.6 Å². The second kappa shape index (κ2) is 5.81. The Balaban J connectivity index is 1.87. The molecule has 0 N–H and O–H groups in total. The molecule has 0 unspecified atom stereocenters. The zero-order chi connectivity index (χ0) is 18.5. The highest BCUT2D eigenvalue weighted by atomic mass is 16.1. The van der Waals surface area contributed by atoms with Gasteiger partial charge in [0.15, 0.2) is 6.29 Å². The molecule has 1 aliphatic carbocycles. The van der Waals surface area contributed by atoms with Crippen LogP contribution in [0.1, 0.15) is 62.0 Å². The first-order valence-corrected chi connectivity index (χ1v) is 9.45. The van der Waals surface area contributed by atoms with Gasteiger partial charge >= 0.3 is 0 Å². The molecular formula is C25H26O. The van der Waals surface area contributed by atoms with E-state index in [2.05, 4.69) is 70.2 Å². The number of hydrogen-bond donors (Lipinski definition) is 0. The van der Waals surface area contributed by atoms with Crippen LogP contribution < -0.4 is 0 Å². The molecule has 3 aromatic rings. The molecular weight excluding hydrogens is 316 g/mol. The number of aldehydes is 1. The summed E-state index contributed by atoms with van der Waals surface area (Å²) in [6, 6.07) is 19.3. The van der Waals surface area contributed by atoms with E-state index in [1.165, 1.54) is 35.1 Å². The van der Waals surface area contributed by atoms with Gasteiger partial charge in [-0.25, -0.2) is 0 Å². The third-order valence-corrected chi connectivity index (χ3v) is 6.23. The Labute approximate surface area is 156 Å². The minimum absolute atomic E-state index is 0.211. The smallest absolute Gasteiger partial charge is 0.150 e. The molecule has 0 saturated carbocycles. The molecule has 3 aromatic carbocycles. The lowest BCUT2D eigenvalue weighted by Gasteiger charge is -2.42. The molecule has 132 valence electrons. The molecule has 4 rings (SSSR count). The second-order valence-corrected chi connectivity index (χ2v) is 8.93. The van der Waals surface area contributed by atoms with Gasteiger partial charge in [0.1, 0.15) is 0 Å². The van der Waals surface area contributed by atoms with Crippen molar-refractivity contribution in [1.82, 2.24) is 0 Å². The van der Waals surface area contributed by atoms with E-state index in [4.69, 9.17) is 0 Å². The van der Waals surface area contributed by atoms with Crippen LogP contribution in [0, 0.1) is 0 Å². The SMILES string of the molecule is CC1(C)CCC(C)(C)c2cc(-c3ccc4c(C=O)cccc4c3)ccc21. The maximum Gasteiger partial charge on any atom is 0.150 e. The van der Waals surface area contributed by atoms with Crippen molar-refractivity contribution >= 4 is 17.1 Å². The fourth-order valence-electron chi connectivity index (χ4n) is 4.36. The Morgan fingerprint density at radius 1 is 0.769 bits per heavy atom. The normalized spacial score (nSPS) is 17.7. The highest BCUT2D eigenvalue weighted by molar-refractivity contribution is 5.99. The van der Waals surface area contributed by atoms with E-state index < -0.39 is 0 Å². The lowest BCUT2D eigenvalue weighted by atomic mass is 9.63. The first kappa shape index (κ1) is 17.0. The Morgan fingerprint density at radius 2 is 1.42 bits per heavy atom. The maximum atomic E-state index is 11.3.